The minimum absolute atomic E-state index is 0.0439. The number of nitrogens with zero attached hydrogens (tertiary/aromatic N) is 3. The van der Waals surface area contributed by atoms with Crippen LogP contribution in [-0.4, -0.2) is 38.8 Å². The number of aliphatic hydroxyl groups is 1. The minimum Gasteiger partial charge on any atom is -0.391 e. The molecule has 1 saturated heterocycles. The number of benzene rings is 1. The van der Waals surface area contributed by atoms with Crippen molar-refractivity contribution in [1.29, 1.82) is 0 Å². The van der Waals surface area contributed by atoms with E-state index in [1.54, 1.807) is 17.0 Å². The molecule has 6 nitrogen and oxygen atoms in total. The van der Waals surface area contributed by atoms with Gasteiger partial charge in [0.05, 0.1) is 6.10 Å². The van der Waals surface area contributed by atoms with Gasteiger partial charge in [-0.2, -0.15) is 0 Å². The van der Waals surface area contributed by atoms with Gasteiger partial charge in [0, 0.05) is 55.0 Å². The number of fused-ring (bicyclic) bond motifs is 1. The molecule has 0 aliphatic carbocycles. The van der Waals surface area contributed by atoms with E-state index in [2.05, 4.69) is 16.0 Å². The van der Waals surface area contributed by atoms with Crippen molar-refractivity contribution < 1.29 is 5.11 Å². The first-order chi connectivity index (χ1) is 11.7. The summed E-state index contributed by atoms with van der Waals surface area (Å²) in [5, 5.41) is 11.7. The van der Waals surface area contributed by atoms with Crippen molar-refractivity contribution in [3.63, 3.8) is 0 Å². The summed E-state index contributed by atoms with van der Waals surface area (Å²) in [6.07, 6.45) is 4.77. The SMILES string of the molecule is CCn1ccnc(N2C[C@@H](O)[C@H](c3c[nH]c4ccccc34)C2)c1=O. The average Bonchev–Trinajstić information content (AvgIpc) is 3.18. The molecule has 1 aromatic carbocycles. The summed E-state index contributed by atoms with van der Waals surface area (Å²) < 4.78 is 1.63. The van der Waals surface area contributed by atoms with Crippen LogP contribution in [0.2, 0.25) is 0 Å². The van der Waals surface area contributed by atoms with Crippen molar-refractivity contribution in [1.82, 2.24) is 14.5 Å². The maximum atomic E-state index is 12.5. The molecule has 4 rings (SSSR count). The molecule has 6 heteroatoms. The number of aromatic amines is 1. The number of H-pyrrole nitrogens is 1. The smallest absolute Gasteiger partial charge is 0.293 e. The predicted octanol–water partition coefficient (Wildman–Crippen LogP) is 1.71. The molecule has 124 valence electrons. The monoisotopic (exact) mass is 324 g/mol. The number of hydrogen-bond acceptors (Lipinski definition) is 4. The van der Waals surface area contributed by atoms with Gasteiger partial charge in [-0.25, -0.2) is 4.98 Å². The Morgan fingerprint density at radius 2 is 2.17 bits per heavy atom. The maximum Gasteiger partial charge on any atom is 0.293 e. The predicted molar refractivity (Wildman–Crippen MR) is 93.4 cm³/mol. The van der Waals surface area contributed by atoms with Crippen LogP contribution in [0.15, 0.2) is 47.7 Å². The molecule has 0 spiro atoms. The van der Waals surface area contributed by atoms with Crippen LogP contribution in [0, 0.1) is 0 Å². The van der Waals surface area contributed by atoms with Crippen molar-refractivity contribution >= 4 is 16.7 Å². The third-order valence-electron chi connectivity index (χ3n) is 4.85. The number of hydrogen-bond donors (Lipinski definition) is 2. The number of para-hydroxylation sites is 1. The van der Waals surface area contributed by atoms with Gasteiger partial charge in [-0.1, -0.05) is 18.2 Å². The number of aryl methyl sites for hydroxylation is 1. The van der Waals surface area contributed by atoms with Gasteiger partial charge >= 0.3 is 0 Å². The average molecular weight is 324 g/mol. The van der Waals surface area contributed by atoms with Crippen molar-refractivity contribution in [3.8, 4) is 0 Å². The van der Waals surface area contributed by atoms with E-state index in [9.17, 15) is 9.90 Å². The zero-order valence-electron chi connectivity index (χ0n) is 13.5. The van der Waals surface area contributed by atoms with Crippen LogP contribution >= 0.6 is 0 Å². The molecule has 0 amide bonds. The van der Waals surface area contributed by atoms with E-state index in [1.165, 1.54) is 0 Å². The van der Waals surface area contributed by atoms with Crippen molar-refractivity contribution in [2.45, 2.75) is 25.5 Å². The number of rotatable bonds is 3. The summed E-state index contributed by atoms with van der Waals surface area (Å²) in [7, 11) is 0. The first kappa shape index (κ1) is 15.0. The lowest BCUT2D eigenvalue weighted by Crippen LogP contribution is -2.32. The van der Waals surface area contributed by atoms with Crippen LogP contribution in [-0.2, 0) is 6.54 Å². The molecule has 2 atom stereocenters. The molecule has 1 aliphatic rings. The Hall–Kier alpha value is -2.60. The number of anilines is 1. The number of β-amino-alcohol motifs (C(OH)–C–C–N with tert-alkyl or cyclic N) is 1. The lowest BCUT2D eigenvalue weighted by molar-refractivity contribution is 0.179. The molecule has 1 aliphatic heterocycles. The molecule has 3 aromatic rings. The molecule has 0 unspecified atom stereocenters. The Labute approximate surface area is 139 Å². The van der Waals surface area contributed by atoms with Gasteiger partial charge in [0.1, 0.15) is 0 Å². The highest BCUT2D eigenvalue weighted by atomic mass is 16.3. The van der Waals surface area contributed by atoms with E-state index in [1.807, 2.05) is 36.2 Å². The van der Waals surface area contributed by atoms with Crippen LogP contribution in [0.25, 0.3) is 10.9 Å². The van der Waals surface area contributed by atoms with Gasteiger partial charge in [-0.15, -0.1) is 0 Å². The van der Waals surface area contributed by atoms with Crippen molar-refractivity contribution in [3.05, 3.63) is 58.8 Å². The zero-order chi connectivity index (χ0) is 16.7. The van der Waals surface area contributed by atoms with Crippen molar-refractivity contribution in [2.24, 2.45) is 0 Å². The quantitative estimate of drug-likeness (QED) is 0.769. The van der Waals surface area contributed by atoms with Crippen LogP contribution < -0.4 is 10.5 Å². The molecule has 2 aromatic heterocycles. The van der Waals surface area contributed by atoms with Crippen LogP contribution in [0.3, 0.4) is 0 Å². The van der Waals surface area contributed by atoms with Crippen molar-refractivity contribution in [2.75, 3.05) is 18.0 Å². The largest absolute Gasteiger partial charge is 0.391 e. The Morgan fingerprint density at radius 1 is 1.33 bits per heavy atom. The fraction of sp³-hybridized carbons (Fsp3) is 0.333. The Morgan fingerprint density at radius 3 is 3.00 bits per heavy atom. The molecule has 3 heterocycles. The molecular weight excluding hydrogens is 304 g/mol. The van der Waals surface area contributed by atoms with E-state index < -0.39 is 6.10 Å². The topological polar surface area (TPSA) is 74.2 Å². The second kappa shape index (κ2) is 5.79. The van der Waals surface area contributed by atoms with E-state index in [4.69, 9.17) is 0 Å². The first-order valence-corrected chi connectivity index (χ1v) is 8.23. The van der Waals surface area contributed by atoms with E-state index in [0.717, 1.165) is 16.5 Å². The summed E-state index contributed by atoms with van der Waals surface area (Å²) in [6, 6.07) is 8.07. The fourth-order valence-corrected chi connectivity index (χ4v) is 3.57. The van der Waals surface area contributed by atoms with Gasteiger partial charge in [0.15, 0.2) is 5.82 Å². The van der Waals surface area contributed by atoms with E-state index in [-0.39, 0.29) is 11.5 Å². The molecular formula is C18H20N4O2. The summed E-state index contributed by atoms with van der Waals surface area (Å²) in [6.45, 7) is 3.54. The lowest BCUT2D eigenvalue weighted by Gasteiger charge is -2.17. The molecule has 0 radical (unpaired) electrons. The van der Waals surface area contributed by atoms with Gasteiger partial charge < -0.3 is 19.6 Å². The number of aliphatic hydroxyl groups excluding tert-OH is 1. The highest BCUT2D eigenvalue weighted by molar-refractivity contribution is 5.84. The fourth-order valence-electron chi connectivity index (χ4n) is 3.57. The van der Waals surface area contributed by atoms with Gasteiger partial charge in [-0.05, 0) is 18.6 Å². The lowest BCUT2D eigenvalue weighted by atomic mass is 9.96. The third kappa shape index (κ3) is 2.30. The van der Waals surface area contributed by atoms with E-state index in [0.29, 0.717) is 25.5 Å². The number of nitrogens with one attached hydrogen (secondary N) is 1. The summed E-state index contributed by atoms with van der Waals surface area (Å²) in [5.41, 5.74) is 2.04. The van der Waals surface area contributed by atoms with Gasteiger partial charge in [0.2, 0.25) is 0 Å². The zero-order valence-corrected chi connectivity index (χ0v) is 13.5. The summed E-state index contributed by atoms with van der Waals surface area (Å²) in [5.74, 6) is 0.373. The Balaban J connectivity index is 1.69. The molecule has 0 saturated carbocycles. The van der Waals surface area contributed by atoms with Crippen LogP contribution in [0.4, 0.5) is 5.82 Å². The molecule has 0 bridgehead atoms. The maximum absolute atomic E-state index is 12.5. The Kier molecular flexibility index (Phi) is 3.61. The second-order valence-electron chi connectivity index (χ2n) is 6.21. The van der Waals surface area contributed by atoms with Gasteiger partial charge in [-0.3, -0.25) is 4.79 Å². The van der Waals surface area contributed by atoms with Crippen LogP contribution in [0.1, 0.15) is 18.4 Å². The first-order valence-electron chi connectivity index (χ1n) is 8.23. The Bertz CT molecular complexity index is 930. The number of aromatic nitrogens is 3. The molecule has 24 heavy (non-hydrogen) atoms. The normalized spacial score (nSPS) is 20.8. The van der Waals surface area contributed by atoms with Gasteiger partial charge in [0.25, 0.3) is 5.56 Å². The summed E-state index contributed by atoms with van der Waals surface area (Å²) >= 11 is 0. The van der Waals surface area contributed by atoms with Crippen LogP contribution in [0.5, 0.6) is 0 Å². The molecule has 2 N–H and O–H groups in total. The molecule has 1 fully saturated rings. The van der Waals surface area contributed by atoms with E-state index >= 15 is 0 Å². The highest BCUT2D eigenvalue weighted by Gasteiger charge is 2.35. The second-order valence-corrected chi connectivity index (χ2v) is 6.21. The highest BCUT2D eigenvalue weighted by Crippen LogP contribution is 2.33. The minimum atomic E-state index is -0.527. The summed E-state index contributed by atoms with van der Waals surface area (Å²) in [4.78, 5) is 21.9. The third-order valence-corrected chi connectivity index (χ3v) is 4.85. The standard InChI is InChI=1S/C18H20N4O2/c1-2-21-8-7-19-17(18(21)24)22-10-14(16(23)11-22)13-9-20-15-6-4-3-5-12(13)15/h3-9,14,16,20,23H,2,10-11H2,1H3/t14-,16+/m0/s1.